The van der Waals surface area contributed by atoms with Crippen molar-refractivity contribution in [1.29, 1.82) is 0 Å². The quantitative estimate of drug-likeness (QED) is 0.756. The van der Waals surface area contributed by atoms with Crippen LogP contribution in [0.3, 0.4) is 0 Å². The standard InChI is InChI=1S/C18H16ClNO2S/c19-18-8-4-3-7-17(18)13-23(21,22)20-12-14-9-10-15-5-1-2-6-16(15)11-14/h1-11,20H,12-13H2. The molecule has 0 atom stereocenters. The largest absolute Gasteiger partial charge is 0.216 e. The van der Waals surface area contributed by atoms with E-state index >= 15 is 0 Å². The minimum absolute atomic E-state index is 0.125. The zero-order chi connectivity index (χ0) is 16.3. The Labute approximate surface area is 141 Å². The summed E-state index contributed by atoms with van der Waals surface area (Å²) in [6.07, 6.45) is 0. The lowest BCUT2D eigenvalue weighted by molar-refractivity contribution is 0.580. The Morgan fingerprint density at radius 2 is 1.57 bits per heavy atom. The fourth-order valence-electron chi connectivity index (χ4n) is 2.41. The molecular formula is C18H16ClNO2S. The molecule has 5 heteroatoms. The molecule has 3 nitrogen and oxygen atoms in total. The molecule has 0 heterocycles. The van der Waals surface area contributed by atoms with Gasteiger partial charge in [-0.05, 0) is 34.0 Å². The molecule has 3 rings (SSSR count). The summed E-state index contributed by atoms with van der Waals surface area (Å²) in [7, 11) is -3.44. The topological polar surface area (TPSA) is 46.2 Å². The average Bonchev–Trinajstić information content (AvgIpc) is 2.55. The van der Waals surface area contributed by atoms with E-state index < -0.39 is 10.0 Å². The highest BCUT2D eigenvalue weighted by Gasteiger charge is 2.13. The number of fused-ring (bicyclic) bond motifs is 1. The Balaban J connectivity index is 1.72. The van der Waals surface area contributed by atoms with E-state index in [1.807, 2.05) is 42.5 Å². The lowest BCUT2D eigenvalue weighted by Crippen LogP contribution is -2.24. The van der Waals surface area contributed by atoms with E-state index in [1.165, 1.54) is 0 Å². The van der Waals surface area contributed by atoms with Gasteiger partial charge >= 0.3 is 0 Å². The van der Waals surface area contributed by atoms with Crippen LogP contribution in [0.4, 0.5) is 0 Å². The Bertz CT molecular complexity index is 938. The summed E-state index contributed by atoms with van der Waals surface area (Å²) in [5.74, 6) is -0.125. The third-order valence-corrected chi connectivity index (χ3v) is 5.26. The van der Waals surface area contributed by atoms with E-state index in [9.17, 15) is 8.42 Å². The number of benzene rings is 3. The van der Waals surface area contributed by atoms with Crippen LogP contribution in [0.15, 0.2) is 66.7 Å². The second-order valence-electron chi connectivity index (χ2n) is 5.35. The van der Waals surface area contributed by atoms with Gasteiger partial charge in [0.15, 0.2) is 0 Å². The average molecular weight is 346 g/mol. The second kappa shape index (κ2) is 6.71. The van der Waals surface area contributed by atoms with Crippen molar-refractivity contribution in [1.82, 2.24) is 4.72 Å². The van der Waals surface area contributed by atoms with Gasteiger partial charge in [0, 0.05) is 11.6 Å². The number of halogens is 1. The van der Waals surface area contributed by atoms with Crippen molar-refractivity contribution in [2.75, 3.05) is 0 Å². The van der Waals surface area contributed by atoms with Crippen LogP contribution >= 0.6 is 11.6 Å². The Morgan fingerprint density at radius 1 is 0.870 bits per heavy atom. The fourth-order valence-corrected chi connectivity index (χ4v) is 3.84. The van der Waals surface area contributed by atoms with Crippen molar-refractivity contribution in [2.24, 2.45) is 0 Å². The maximum Gasteiger partial charge on any atom is 0.216 e. The Kier molecular flexibility index (Phi) is 4.66. The van der Waals surface area contributed by atoms with E-state index in [0.29, 0.717) is 10.6 Å². The van der Waals surface area contributed by atoms with Crippen molar-refractivity contribution in [3.63, 3.8) is 0 Å². The van der Waals surface area contributed by atoms with Gasteiger partial charge in [0.1, 0.15) is 0 Å². The maximum absolute atomic E-state index is 12.2. The second-order valence-corrected chi connectivity index (χ2v) is 7.57. The number of nitrogens with one attached hydrogen (secondary N) is 1. The molecule has 0 aromatic heterocycles. The summed E-state index contributed by atoms with van der Waals surface area (Å²) in [6.45, 7) is 0.262. The zero-order valence-electron chi connectivity index (χ0n) is 12.4. The molecule has 0 aliphatic heterocycles. The normalized spacial score (nSPS) is 11.7. The van der Waals surface area contributed by atoms with Gasteiger partial charge in [-0.25, -0.2) is 13.1 Å². The van der Waals surface area contributed by atoms with Crippen LogP contribution in [0, 0.1) is 0 Å². The molecule has 3 aromatic carbocycles. The molecule has 0 spiro atoms. The molecule has 0 aliphatic rings. The Morgan fingerprint density at radius 3 is 2.35 bits per heavy atom. The first-order valence-electron chi connectivity index (χ1n) is 7.22. The molecular weight excluding hydrogens is 330 g/mol. The van der Waals surface area contributed by atoms with Gasteiger partial charge in [-0.2, -0.15) is 0 Å². The third-order valence-electron chi connectivity index (χ3n) is 3.61. The molecule has 118 valence electrons. The molecule has 0 saturated heterocycles. The van der Waals surface area contributed by atoms with Crippen molar-refractivity contribution in [3.05, 3.63) is 82.9 Å². The van der Waals surface area contributed by atoms with Crippen molar-refractivity contribution >= 4 is 32.4 Å². The smallest absolute Gasteiger partial charge is 0.212 e. The van der Waals surface area contributed by atoms with Crippen LogP contribution < -0.4 is 4.72 Å². The summed E-state index contributed by atoms with van der Waals surface area (Å²) in [5, 5.41) is 2.69. The molecule has 0 amide bonds. The SMILES string of the molecule is O=S(=O)(Cc1ccccc1Cl)NCc1ccc2ccccc2c1. The summed E-state index contributed by atoms with van der Waals surface area (Å²) >= 11 is 6.02. The van der Waals surface area contributed by atoms with Crippen LogP contribution in [0.5, 0.6) is 0 Å². The predicted molar refractivity (Wildman–Crippen MR) is 94.9 cm³/mol. The van der Waals surface area contributed by atoms with E-state index in [2.05, 4.69) is 4.72 Å². The first-order chi connectivity index (χ1) is 11.0. The summed E-state index contributed by atoms with van der Waals surface area (Å²) < 4.78 is 27.1. The highest BCUT2D eigenvalue weighted by atomic mass is 35.5. The Hall–Kier alpha value is -1.88. The summed E-state index contributed by atoms with van der Waals surface area (Å²) in [5.41, 5.74) is 1.52. The van der Waals surface area contributed by atoms with Crippen molar-refractivity contribution in [2.45, 2.75) is 12.3 Å². The van der Waals surface area contributed by atoms with Gasteiger partial charge in [0.2, 0.25) is 10.0 Å². The van der Waals surface area contributed by atoms with E-state index in [-0.39, 0.29) is 12.3 Å². The number of rotatable bonds is 5. The van der Waals surface area contributed by atoms with Gasteiger partial charge in [0.05, 0.1) is 5.75 Å². The maximum atomic E-state index is 12.2. The molecule has 0 aliphatic carbocycles. The fraction of sp³-hybridized carbons (Fsp3) is 0.111. The van der Waals surface area contributed by atoms with Crippen LogP contribution in [0.25, 0.3) is 10.8 Å². The number of hydrogen-bond donors (Lipinski definition) is 1. The van der Waals surface area contributed by atoms with Gasteiger partial charge in [0.25, 0.3) is 0 Å². The molecule has 0 unspecified atom stereocenters. The highest BCUT2D eigenvalue weighted by molar-refractivity contribution is 7.88. The first-order valence-corrected chi connectivity index (χ1v) is 9.25. The molecule has 0 bridgehead atoms. The van der Waals surface area contributed by atoms with Gasteiger partial charge in [-0.1, -0.05) is 66.2 Å². The monoisotopic (exact) mass is 345 g/mol. The zero-order valence-corrected chi connectivity index (χ0v) is 13.9. The molecule has 0 fully saturated rings. The molecule has 0 saturated carbocycles. The summed E-state index contributed by atoms with van der Waals surface area (Å²) in [6, 6.07) is 20.9. The van der Waals surface area contributed by atoms with Gasteiger partial charge in [-0.3, -0.25) is 0 Å². The van der Waals surface area contributed by atoms with E-state index in [0.717, 1.165) is 16.3 Å². The molecule has 0 radical (unpaired) electrons. The van der Waals surface area contributed by atoms with Crippen molar-refractivity contribution in [3.8, 4) is 0 Å². The molecule has 3 aromatic rings. The van der Waals surface area contributed by atoms with Crippen LogP contribution in [0.2, 0.25) is 5.02 Å². The van der Waals surface area contributed by atoms with Crippen LogP contribution in [0.1, 0.15) is 11.1 Å². The molecule has 23 heavy (non-hydrogen) atoms. The number of sulfonamides is 1. The predicted octanol–water partition coefficient (Wildman–Crippen LogP) is 4.11. The van der Waals surface area contributed by atoms with E-state index in [1.54, 1.807) is 24.3 Å². The minimum atomic E-state index is -3.44. The molecule has 1 N–H and O–H groups in total. The lowest BCUT2D eigenvalue weighted by Gasteiger charge is -2.09. The highest BCUT2D eigenvalue weighted by Crippen LogP contribution is 2.18. The van der Waals surface area contributed by atoms with Gasteiger partial charge < -0.3 is 0 Å². The third kappa shape index (κ3) is 4.10. The minimum Gasteiger partial charge on any atom is -0.212 e. The lowest BCUT2D eigenvalue weighted by atomic mass is 10.1. The van der Waals surface area contributed by atoms with Gasteiger partial charge in [-0.15, -0.1) is 0 Å². The van der Waals surface area contributed by atoms with Crippen LogP contribution in [-0.2, 0) is 22.3 Å². The summed E-state index contributed by atoms with van der Waals surface area (Å²) in [4.78, 5) is 0. The number of hydrogen-bond acceptors (Lipinski definition) is 2. The van der Waals surface area contributed by atoms with Crippen LogP contribution in [-0.4, -0.2) is 8.42 Å². The van der Waals surface area contributed by atoms with Crippen molar-refractivity contribution < 1.29 is 8.42 Å². The first kappa shape index (κ1) is 16.0. The van der Waals surface area contributed by atoms with E-state index in [4.69, 9.17) is 11.6 Å².